The SMILES string of the molecule is CCCC1SC(=O)N(CCCCN2CCN(c3cccc(Cl)c3)CC2)C1=O.Cl.Cl. The minimum atomic E-state index is -0.151. The van der Waals surface area contributed by atoms with E-state index < -0.39 is 0 Å². The van der Waals surface area contributed by atoms with Crippen molar-refractivity contribution in [3.63, 3.8) is 0 Å². The number of carbonyl (C=O) groups is 2. The van der Waals surface area contributed by atoms with E-state index in [0.717, 1.165) is 63.4 Å². The fourth-order valence-electron chi connectivity index (χ4n) is 3.65. The van der Waals surface area contributed by atoms with Crippen molar-refractivity contribution in [1.82, 2.24) is 9.80 Å². The summed E-state index contributed by atoms with van der Waals surface area (Å²) < 4.78 is 0. The van der Waals surface area contributed by atoms with Crippen molar-refractivity contribution in [3.05, 3.63) is 29.3 Å². The minimum absolute atomic E-state index is 0. The molecule has 9 heteroatoms. The zero-order valence-corrected chi connectivity index (χ0v) is 19.9. The molecule has 2 amide bonds. The molecule has 1 aromatic carbocycles. The summed E-state index contributed by atoms with van der Waals surface area (Å²) in [7, 11) is 0. The number of anilines is 1. The number of amides is 2. The Morgan fingerprint density at radius 2 is 1.76 bits per heavy atom. The third-order valence-corrected chi connectivity index (χ3v) is 6.59. The number of benzene rings is 1. The molecule has 29 heavy (non-hydrogen) atoms. The summed E-state index contributed by atoms with van der Waals surface area (Å²) in [6, 6.07) is 8.02. The van der Waals surface area contributed by atoms with Crippen LogP contribution in [-0.4, -0.2) is 65.5 Å². The smallest absolute Gasteiger partial charge is 0.289 e. The van der Waals surface area contributed by atoms with Crippen molar-refractivity contribution >= 4 is 65.0 Å². The first-order valence-corrected chi connectivity index (χ1v) is 11.1. The van der Waals surface area contributed by atoms with E-state index in [1.54, 1.807) is 0 Å². The van der Waals surface area contributed by atoms with E-state index in [-0.39, 0.29) is 41.2 Å². The van der Waals surface area contributed by atoms with Gasteiger partial charge in [0.2, 0.25) is 5.91 Å². The molecule has 0 aromatic heterocycles. The standard InChI is InChI=1S/C20H28ClN3O2S.2ClH/c1-2-6-18-19(25)24(20(26)27-18)10-4-3-9-22-11-13-23(14-12-22)17-8-5-7-16(21)15-17;;/h5,7-8,15,18H,2-4,6,9-14H2,1H3;2*1H. The predicted octanol–water partition coefficient (Wildman–Crippen LogP) is 4.95. The average molecular weight is 483 g/mol. The number of piperazine rings is 1. The van der Waals surface area contributed by atoms with E-state index in [0.29, 0.717) is 6.54 Å². The molecule has 0 bridgehead atoms. The number of rotatable bonds is 8. The fraction of sp³-hybridized carbons (Fsp3) is 0.600. The van der Waals surface area contributed by atoms with Crippen LogP contribution in [0.1, 0.15) is 32.6 Å². The van der Waals surface area contributed by atoms with Gasteiger partial charge in [-0.25, -0.2) is 0 Å². The number of hydrogen-bond donors (Lipinski definition) is 0. The van der Waals surface area contributed by atoms with E-state index in [1.165, 1.54) is 22.3 Å². The van der Waals surface area contributed by atoms with Crippen LogP contribution in [0.5, 0.6) is 0 Å². The van der Waals surface area contributed by atoms with Crippen LogP contribution in [0.4, 0.5) is 10.5 Å². The maximum atomic E-state index is 12.3. The molecule has 0 aliphatic carbocycles. The first-order valence-electron chi connectivity index (χ1n) is 9.83. The summed E-state index contributed by atoms with van der Waals surface area (Å²) in [5, 5.41) is 0.566. The third-order valence-electron chi connectivity index (χ3n) is 5.21. The van der Waals surface area contributed by atoms with Gasteiger partial charge in [-0.15, -0.1) is 24.8 Å². The highest BCUT2D eigenvalue weighted by molar-refractivity contribution is 8.15. The molecule has 2 aliphatic rings. The number of unbranched alkanes of at least 4 members (excludes halogenated alkanes) is 1. The molecule has 3 rings (SSSR count). The van der Waals surface area contributed by atoms with Crippen molar-refractivity contribution in [2.75, 3.05) is 44.2 Å². The molecular formula is C20H30Cl3N3O2S. The van der Waals surface area contributed by atoms with Crippen LogP contribution in [0.2, 0.25) is 5.02 Å². The van der Waals surface area contributed by atoms with Crippen LogP contribution in [0.15, 0.2) is 24.3 Å². The van der Waals surface area contributed by atoms with Crippen LogP contribution < -0.4 is 4.90 Å². The van der Waals surface area contributed by atoms with Crippen LogP contribution in [0.25, 0.3) is 0 Å². The van der Waals surface area contributed by atoms with Crippen LogP contribution in [0, 0.1) is 0 Å². The molecule has 2 aliphatic heterocycles. The van der Waals surface area contributed by atoms with E-state index in [2.05, 4.69) is 15.9 Å². The summed E-state index contributed by atoms with van der Waals surface area (Å²) in [4.78, 5) is 30.6. The average Bonchev–Trinajstić information content (AvgIpc) is 2.93. The van der Waals surface area contributed by atoms with Gasteiger partial charge in [-0.05, 0) is 44.0 Å². The predicted molar refractivity (Wildman–Crippen MR) is 127 cm³/mol. The summed E-state index contributed by atoms with van der Waals surface area (Å²) in [5.74, 6) is 0.0157. The van der Waals surface area contributed by atoms with Crippen molar-refractivity contribution in [1.29, 1.82) is 0 Å². The topological polar surface area (TPSA) is 43.9 Å². The molecule has 1 aromatic rings. The fourth-order valence-corrected chi connectivity index (χ4v) is 4.97. The normalized spacial score (nSPS) is 19.9. The second-order valence-corrected chi connectivity index (χ2v) is 8.76. The molecule has 0 spiro atoms. The summed E-state index contributed by atoms with van der Waals surface area (Å²) in [6.07, 6.45) is 3.62. The largest absolute Gasteiger partial charge is 0.369 e. The van der Waals surface area contributed by atoms with E-state index in [4.69, 9.17) is 11.6 Å². The molecule has 0 saturated carbocycles. The monoisotopic (exact) mass is 481 g/mol. The number of thioether (sulfide) groups is 1. The molecule has 164 valence electrons. The molecule has 0 N–H and O–H groups in total. The zero-order chi connectivity index (χ0) is 19.2. The highest BCUT2D eigenvalue weighted by Crippen LogP contribution is 2.30. The van der Waals surface area contributed by atoms with Gasteiger partial charge in [-0.3, -0.25) is 19.4 Å². The highest BCUT2D eigenvalue weighted by atomic mass is 35.5. The summed E-state index contributed by atoms with van der Waals surface area (Å²) in [5.41, 5.74) is 1.19. The van der Waals surface area contributed by atoms with Gasteiger partial charge in [0.05, 0.1) is 5.25 Å². The van der Waals surface area contributed by atoms with Gasteiger partial charge in [0.25, 0.3) is 5.24 Å². The van der Waals surface area contributed by atoms with Gasteiger partial charge < -0.3 is 4.90 Å². The van der Waals surface area contributed by atoms with Gasteiger partial charge in [-0.1, -0.05) is 42.8 Å². The van der Waals surface area contributed by atoms with Gasteiger partial charge in [0.15, 0.2) is 0 Å². The van der Waals surface area contributed by atoms with Crippen molar-refractivity contribution < 1.29 is 9.59 Å². The molecule has 1 atom stereocenters. The Hall–Kier alpha value is -0.660. The molecule has 2 fully saturated rings. The quantitative estimate of drug-likeness (QED) is 0.491. The lowest BCUT2D eigenvalue weighted by atomic mass is 10.2. The Labute approximate surface area is 195 Å². The lowest BCUT2D eigenvalue weighted by Crippen LogP contribution is -2.46. The number of carbonyl (C=O) groups excluding carboxylic acids is 2. The molecule has 5 nitrogen and oxygen atoms in total. The van der Waals surface area contributed by atoms with Crippen LogP contribution in [-0.2, 0) is 4.79 Å². The van der Waals surface area contributed by atoms with E-state index >= 15 is 0 Å². The lowest BCUT2D eigenvalue weighted by Gasteiger charge is -2.36. The highest BCUT2D eigenvalue weighted by Gasteiger charge is 2.38. The van der Waals surface area contributed by atoms with Crippen molar-refractivity contribution in [2.45, 2.75) is 37.9 Å². The maximum Gasteiger partial charge on any atom is 0.289 e. The van der Waals surface area contributed by atoms with Crippen LogP contribution >= 0.6 is 48.2 Å². The molecule has 0 radical (unpaired) electrons. The second kappa shape index (κ2) is 12.9. The molecule has 2 saturated heterocycles. The number of imide groups is 1. The first-order chi connectivity index (χ1) is 13.1. The lowest BCUT2D eigenvalue weighted by molar-refractivity contribution is -0.126. The third kappa shape index (κ3) is 7.21. The number of nitrogens with zero attached hydrogens (tertiary/aromatic N) is 3. The van der Waals surface area contributed by atoms with Gasteiger partial charge >= 0.3 is 0 Å². The zero-order valence-electron chi connectivity index (χ0n) is 16.7. The molecule has 2 heterocycles. The number of halogens is 3. The Morgan fingerprint density at radius 1 is 1.07 bits per heavy atom. The first kappa shape index (κ1) is 26.4. The summed E-state index contributed by atoms with van der Waals surface area (Å²) in [6.45, 7) is 7.69. The van der Waals surface area contributed by atoms with Gasteiger partial charge in [-0.2, -0.15) is 0 Å². The Balaban J connectivity index is 0.00000210. The maximum absolute atomic E-state index is 12.3. The molecule has 1 unspecified atom stereocenters. The van der Waals surface area contributed by atoms with E-state index in [1.807, 2.05) is 25.1 Å². The summed E-state index contributed by atoms with van der Waals surface area (Å²) >= 11 is 7.29. The van der Waals surface area contributed by atoms with Gasteiger partial charge in [0.1, 0.15) is 0 Å². The van der Waals surface area contributed by atoms with Gasteiger partial charge in [0, 0.05) is 43.4 Å². The molecular weight excluding hydrogens is 453 g/mol. The minimum Gasteiger partial charge on any atom is -0.369 e. The van der Waals surface area contributed by atoms with Crippen LogP contribution in [0.3, 0.4) is 0 Å². The number of hydrogen-bond acceptors (Lipinski definition) is 5. The Morgan fingerprint density at radius 3 is 2.41 bits per heavy atom. The van der Waals surface area contributed by atoms with Crippen molar-refractivity contribution in [3.8, 4) is 0 Å². The Kier molecular flexibility index (Phi) is 11.7. The van der Waals surface area contributed by atoms with E-state index in [9.17, 15) is 9.59 Å². The second-order valence-electron chi connectivity index (χ2n) is 7.17. The van der Waals surface area contributed by atoms with Crippen molar-refractivity contribution in [2.24, 2.45) is 0 Å². The Bertz CT molecular complexity index is 672.